The maximum Gasteiger partial charge on any atom is 0.191 e. The molecule has 0 aromatic carbocycles. The van der Waals surface area contributed by atoms with Crippen LogP contribution in [0.15, 0.2) is 10.4 Å². The highest BCUT2D eigenvalue weighted by Crippen LogP contribution is 2.10. The van der Waals surface area contributed by atoms with E-state index in [1.54, 1.807) is 11.3 Å². The van der Waals surface area contributed by atoms with Gasteiger partial charge in [0.25, 0.3) is 0 Å². The molecule has 0 spiro atoms. The first kappa shape index (κ1) is 18.6. The molecule has 0 fully saturated rings. The van der Waals surface area contributed by atoms with Gasteiger partial charge in [0.05, 0.1) is 10.7 Å². The van der Waals surface area contributed by atoms with E-state index in [4.69, 9.17) is 0 Å². The molecule has 4 nitrogen and oxygen atoms in total. The summed E-state index contributed by atoms with van der Waals surface area (Å²) in [5, 5.41) is 9.89. The van der Waals surface area contributed by atoms with Crippen molar-refractivity contribution in [2.45, 2.75) is 46.6 Å². The van der Waals surface area contributed by atoms with Crippen LogP contribution in [0.4, 0.5) is 0 Å². The van der Waals surface area contributed by atoms with Gasteiger partial charge in [-0.3, -0.25) is 4.99 Å². The lowest BCUT2D eigenvalue weighted by atomic mass is 10.3. The topological polar surface area (TPSA) is 49.3 Å². The van der Waals surface area contributed by atoms with Crippen molar-refractivity contribution in [3.05, 3.63) is 16.1 Å². The van der Waals surface area contributed by atoms with Gasteiger partial charge in [0, 0.05) is 30.9 Å². The van der Waals surface area contributed by atoms with Gasteiger partial charge < -0.3 is 10.6 Å². The number of halogens is 1. The molecule has 1 aromatic rings. The van der Waals surface area contributed by atoms with Crippen LogP contribution in [0, 0.1) is 0 Å². The first-order chi connectivity index (χ1) is 8.65. The highest BCUT2D eigenvalue weighted by Gasteiger charge is 2.01. The first-order valence-corrected chi connectivity index (χ1v) is 7.51. The fourth-order valence-corrected chi connectivity index (χ4v) is 2.28. The van der Waals surface area contributed by atoms with E-state index in [-0.39, 0.29) is 24.0 Å². The van der Waals surface area contributed by atoms with Crippen molar-refractivity contribution >= 4 is 41.3 Å². The minimum Gasteiger partial charge on any atom is -0.357 e. The molecular formula is C13H25IN4S. The van der Waals surface area contributed by atoms with Crippen LogP contribution in [0.25, 0.3) is 0 Å². The van der Waals surface area contributed by atoms with Crippen LogP contribution >= 0.6 is 35.3 Å². The lowest BCUT2D eigenvalue weighted by molar-refractivity contribution is 0.700. The molecule has 0 aliphatic heterocycles. The standard InChI is InChI=1S/C13H24N4S.HI/c1-5-12-17-11(9-18-12)7-8-15-13(14-6-2)16-10(3)4;/h9-10H,5-8H2,1-4H3,(H2,14,15,16);1H. The zero-order valence-corrected chi connectivity index (χ0v) is 15.3. The molecule has 1 heterocycles. The van der Waals surface area contributed by atoms with E-state index in [0.717, 1.165) is 37.6 Å². The smallest absolute Gasteiger partial charge is 0.191 e. The summed E-state index contributed by atoms with van der Waals surface area (Å²) in [4.78, 5) is 9.08. The molecule has 1 aromatic heterocycles. The van der Waals surface area contributed by atoms with Crippen LogP contribution in [-0.2, 0) is 12.8 Å². The van der Waals surface area contributed by atoms with E-state index in [1.165, 1.54) is 5.01 Å². The van der Waals surface area contributed by atoms with Gasteiger partial charge >= 0.3 is 0 Å². The quantitative estimate of drug-likeness (QED) is 0.442. The number of nitrogens with zero attached hydrogens (tertiary/aromatic N) is 2. The SMILES string of the molecule is CCNC(=NCCc1csc(CC)n1)NC(C)C.I. The molecule has 0 atom stereocenters. The molecule has 0 radical (unpaired) electrons. The average molecular weight is 396 g/mol. The van der Waals surface area contributed by atoms with E-state index in [0.29, 0.717) is 6.04 Å². The molecule has 2 N–H and O–H groups in total. The van der Waals surface area contributed by atoms with Crippen molar-refractivity contribution in [2.24, 2.45) is 4.99 Å². The summed E-state index contributed by atoms with van der Waals surface area (Å²) in [7, 11) is 0. The Labute approximate surface area is 137 Å². The summed E-state index contributed by atoms with van der Waals surface area (Å²) in [6, 6.07) is 0.397. The number of aromatic nitrogens is 1. The van der Waals surface area contributed by atoms with Crippen LogP contribution in [-0.4, -0.2) is 30.1 Å². The number of guanidine groups is 1. The van der Waals surface area contributed by atoms with E-state index in [9.17, 15) is 0 Å². The second kappa shape index (κ2) is 10.4. The van der Waals surface area contributed by atoms with E-state index in [1.807, 2.05) is 0 Å². The summed E-state index contributed by atoms with van der Waals surface area (Å²) >= 11 is 1.74. The Morgan fingerprint density at radius 2 is 2.16 bits per heavy atom. The van der Waals surface area contributed by atoms with Gasteiger partial charge in [-0.05, 0) is 27.2 Å². The van der Waals surface area contributed by atoms with Crippen LogP contribution in [0.5, 0.6) is 0 Å². The lowest BCUT2D eigenvalue weighted by Crippen LogP contribution is -2.41. The van der Waals surface area contributed by atoms with E-state index < -0.39 is 0 Å². The number of hydrogen-bond acceptors (Lipinski definition) is 3. The molecule has 0 unspecified atom stereocenters. The number of aryl methyl sites for hydroxylation is 1. The summed E-state index contributed by atoms with van der Waals surface area (Å²) < 4.78 is 0. The zero-order valence-electron chi connectivity index (χ0n) is 12.2. The highest BCUT2D eigenvalue weighted by atomic mass is 127. The maximum atomic E-state index is 4.54. The lowest BCUT2D eigenvalue weighted by Gasteiger charge is -2.13. The Bertz CT molecular complexity index is 376. The monoisotopic (exact) mass is 396 g/mol. The van der Waals surface area contributed by atoms with Crippen molar-refractivity contribution < 1.29 is 0 Å². The molecule has 110 valence electrons. The summed E-state index contributed by atoms with van der Waals surface area (Å²) in [6.07, 6.45) is 1.93. The molecule has 0 amide bonds. The largest absolute Gasteiger partial charge is 0.357 e. The van der Waals surface area contributed by atoms with Gasteiger partial charge in [-0.1, -0.05) is 6.92 Å². The Morgan fingerprint density at radius 3 is 2.68 bits per heavy atom. The Morgan fingerprint density at radius 1 is 1.42 bits per heavy atom. The van der Waals surface area contributed by atoms with Crippen LogP contribution in [0.3, 0.4) is 0 Å². The second-order valence-corrected chi connectivity index (χ2v) is 5.34. The molecular weight excluding hydrogens is 371 g/mol. The van der Waals surface area contributed by atoms with Gasteiger partial charge in [-0.25, -0.2) is 4.98 Å². The van der Waals surface area contributed by atoms with Crippen LogP contribution in [0.2, 0.25) is 0 Å². The minimum atomic E-state index is 0. The Hall–Kier alpha value is -0.370. The van der Waals surface area contributed by atoms with Crippen LogP contribution in [0.1, 0.15) is 38.4 Å². The summed E-state index contributed by atoms with van der Waals surface area (Å²) in [5.41, 5.74) is 1.15. The van der Waals surface area contributed by atoms with Crippen molar-refractivity contribution in [1.82, 2.24) is 15.6 Å². The van der Waals surface area contributed by atoms with Gasteiger partial charge in [-0.15, -0.1) is 35.3 Å². The van der Waals surface area contributed by atoms with Crippen LogP contribution < -0.4 is 10.6 Å². The van der Waals surface area contributed by atoms with Gasteiger partial charge in [-0.2, -0.15) is 0 Å². The number of nitrogens with one attached hydrogen (secondary N) is 2. The first-order valence-electron chi connectivity index (χ1n) is 6.63. The summed E-state index contributed by atoms with van der Waals surface area (Å²) in [5.74, 6) is 0.887. The number of rotatable bonds is 6. The van der Waals surface area contributed by atoms with Gasteiger partial charge in [0.1, 0.15) is 0 Å². The fourth-order valence-electron chi connectivity index (χ4n) is 1.50. The average Bonchev–Trinajstić information content (AvgIpc) is 2.76. The third-order valence-electron chi connectivity index (χ3n) is 2.31. The van der Waals surface area contributed by atoms with Gasteiger partial charge in [0.2, 0.25) is 0 Å². The molecule has 6 heteroatoms. The minimum absolute atomic E-state index is 0. The maximum absolute atomic E-state index is 4.54. The molecule has 0 bridgehead atoms. The van der Waals surface area contributed by atoms with Crippen molar-refractivity contribution in [3.63, 3.8) is 0 Å². The molecule has 19 heavy (non-hydrogen) atoms. The predicted molar refractivity (Wildman–Crippen MR) is 94.9 cm³/mol. The Balaban J connectivity index is 0.00000324. The zero-order chi connectivity index (χ0) is 13.4. The van der Waals surface area contributed by atoms with Gasteiger partial charge in [0.15, 0.2) is 5.96 Å². The third kappa shape index (κ3) is 7.71. The summed E-state index contributed by atoms with van der Waals surface area (Å²) in [6.45, 7) is 10.1. The predicted octanol–water partition coefficient (Wildman–Crippen LogP) is 2.83. The molecule has 0 saturated carbocycles. The Kier molecular flexibility index (Phi) is 10.2. The molecule has 0 saturated heterocycles. The molecule has 0 aliphatic carbocycles. The van der Waals surface area contributed by atoms with Crippen molar-refractivity contribution in [3.8, 4) is 0 Å². The fraction of sp³-hybridized carbons (Fsp3) is 0.692. The second-order valence-electron chi connectivity index (χ2n) is 4.40. The number of hydrogen-bond donors (Lipinski definition) is 2. The normalized spacial score (nSPS) is 11.3. The highest BCUT2D eigenvalue weighted by molar-refractivity contribution is 14.0. The third-order valence-corrected chi connectivity index (χ3v) is 3.35. The number of thiazole rings is 1. The number of aliphatic imine (C=N–C) groups is 1. The van der Waals surface area contributed by atoms with E-state index >= 15 is 0 Å². The molecule has 0 aliphatic rings. The van der Waals surface area contributed by atoms with E-state index in [2.05, 4.69) is 53.7 Å². The van der Waals surface area contributed by atoms with Crippen molar-refractivity contribution in [1.29, 1.82) is 0 Å². The van der Waals surface area contributed by atoms with Crippen molar-refractivity contribution in [2.75, 3.05) is 13.1 Å². The molecule has 1 rings (SSSR count).